The topological polar surface area (TPSA) is 89.5 Å². The Balaban J connectivity index is 2.17. The summed E-state index contributed by atoms with van der Waals surface area (Å²) >= 11 is 0. The molecule has 0 radical (unpaired) electrons. The molecule has 0 unspecified atom stereocenters. The van der Waals surface area contributed by atoms with Gasteiger partial charge in [0.25, 0.3) is 11.8 Å². The summed E-state index contributed by atoms with van der Waals surface area (Å²) in [5.74, 6) is -4.31. The monoisotopic (exact) mass is 299 g/mol. The normalized spacial score (nSPS) is 19.3. The van der Waals surface area contributed by atoms with Gasteiger partial charge in [-0.2, -0.15) is 0 Å². The van der Waals surface area contributed by atoms with Crippen LogP contribution in [0.15, 0.2) is 36.3 Å². The van der Waals surface area contributed by atoms with Crippen molar-refractivity contribution in [2.24, 2.45) is 0 Å². The molecule has 0 aromatic heterocycles. The van der Waals surface area contributed by atoms with Gasteiger partial charge in [0.15, 0.2) is 0 Å². The van der Waals surface area contributed by atoms with Crippen molar-refractivity contribution >= 4 is 23.8 Å². The van der Waals surface area contributed by atoms with Crippen LogP contribution in [0.5, 0.6) is 0 Å². The summed E-state index contributed by atoms with van der Waals surface area (Å²) in [7, 11) is 0. The summed E-state index contributed by atoms with van der Waals surface area (Å²) in [5, 5.41) is 1.91. The van der Waals surface area contributed by atoms with E-state index in [1.165, 1.54) is 0 Å². The van der Waals surface area contributed by atoms with Crippen LogP contribution in [0.3, 0.4) is 0 Å². The zero-order chi connectivity index (χ0) is 20.7. The SMILES string of the molecule is [2H]c1c([2H])c(-c2c([2H])c([2H])c3c(c2[2H])C(=O)OC3=O)c([2H])c2c1C(=O)NC2=O. The van der Waals surface area contributed by atoms with Gasteiger partial charge in [-0.1, -0.05) is 12.1 Å². The molecule has 0 saturated heterocycles. The molecule has 6 heteroatoms. The second-order valence-corrected chi connectivity index (χ2v) is 4.46. The van der Waals surface area contributed by atoms with Gasteiger partial charge in [-0.05, 0) is 35.3 Å². The highest BCUT2D eigenvalue weighted by molar-refractivity contribution is 6.22. The summed E-state index contributed by atoms with van der Waals surface area (Å²) in [4.78, 5) is 47.5. The van der Waals surface area contributed by atoms with Crippen LogP contribution in [-0.4, -0.2) is 23.8 Å². The molecule has 0 bridgehead atoms. The second-order valence-electron chi connectivity index (χ2n) is 4.46. The van der Waals surface area contributed by atoms with E-state index in [4.69, 9.17) is 8.22 Å². The highest BCUT2D eigenvalue weighted by atomic mass is 16.6. The van der Waals surface area contributed by atoms with Crippen LogP contribution >= 0.6 is 0 Å². The standard InChI is InChI=1S/C16H7NO5/c18-13-9-3-1-7(5-11(9)14(19)17-13)8-2-4-10-12(6-8)16(21)22-15(10)20/h1-6H,(H,17,18,19)/i1D,2D,3D,4D,5D,6D. The molecular weight excluding hydrogens is 286 g/mol. The van der Waals surface area contributed by atoms with Crippen LogP contribution in [0.1, 0.15) is 49.7 Å². The molecular formula is C16H7NO5. The summed E-state index contributed by atoms with van der Waals surface area (Å²) in [5.41, 5.74) is -3.20. The molecule has 0 spiro atoms. The predicted molar refractivity (Wildman–Crippen MR) is 73.4 cm³/mol. The van der Waals surface area contributed by atoms with E-state index in [9.17, 15) is 19.2 Å². The van der Waals surface area contributed by atoms with Gasteiger partial charge >= 0.3 is 11.9 Å². The van der Waals surface area contributed by atoms with Crippen molar-refractivity contribution in [1.82, 2.24) is 5.32 Å². The van der Waals surface area contributed by atoms with Crippen LogP contribution in [0, 0.1) is 0 Å². The largest absolute Gasteiger partial charge is 0.386 e. The number of hydrogen-bond donors (Lipinski definition) is 1. The third kappa shape index (κ3) is 1.61. The average Bonchev–Trinajstić information content (AvgIpc) is 3.09. The van der Waals surface area contributed by atoms with Gasteiger partial charge in [0.1, 0.15) is 0 Å². The fourth-order valence-corrected chi connectivity index (χ4v) is 2.12. The van der Waals surface area contributed by atoms with Crippen molar-refractivity contribution in [3.05, 3.63) is 58.5 Å². The van der Waals surface area contributed by atoms with E-state index < -0.39 is 93.4 Å². The van der Waals surface area contributed by atoms with Crippen molar-refractivity contribution in [1.29, 1.82) is 0 Å². The van der Waals surface area contributed by atoms with Crippen molar-refractivity contribution in [3.63, 3.8) is 0 Å². The zero-order valence-electron chi connectivity index (χ0n) is 16.5. The lowest BCUT2D eigenvalue weighted by atomic mass is 9.97. The lowest BCUT2D eigenvalue weighted by Gasteiger charge is -2.04. The number of cyclic esters (lactones) is 2. The van der Waals surface area contributed by atoms with Gasteiger partial charge < -0.3 is 4.74 Å². The molecule has 6 nitrogen and oxygen atoms in total. The number of benzene rings is 2. The van der Waals surface area contributed by atoms with Gasteiger partial charge in [-0.3, -0.25) is 14.9 Å². The molecule has 2 aromatic carbocycles. The van der Waals surface area contributed by atoms with E-state index in [2.05, 4.69) is 4.74 Å². The number of amides is 2. The van der Waals surface area contributed by atoms with Crippen LogP contribution < -0.4 is 5.32 Å². The number of carbonyl (C=O) groups is 4. The number of rotatable bonds is 1. The van der Waals surface area contributed by atoms with E-state index in [1.807, 2.05) is 5.32 Å². The first kappa shape index (κ1) is 7.65. The fraction of sp³-hybridized carbons (Fsp3) is 0. The third-order valence-corrected chi connectivity index (χ3v) is 3.15. The number of imide groups is 1. The molecule has 0 aliphatic carbocycles. The number of ether oxygens (including phenoxy) is 1. The van der Waals surface area contributed by atoms with Crippen molar-refractivity contribution in [2.45, 2.75) is 0 Å². The molecule has 0 atom stereocenters. The second kappa shape index (κ2) is 4.11. The first-order valence-electron chi connectivity index (χ1n) is 8.97. The van der Waals surface area contributed by atoms with Crippen LogP contribution in [0.4, 0.5) is 0 Å². The van der Waals surface area contributed by atoms with Crippen LogP contribution in [0.2, 0.25) is 0 Å². The summed E-state index contributed by atoms with van der Waals surface area (Å²) < 4.78 is 53.1. The maximum atomic E-state index is 12.0. The minimum absolute atomic E-state index is 0.469. The summed E-state index contributed by atoms with van der Waals surface area (Å²) in [6.45, 7) is 0. The predicted octanol–water partition coefficient (Wildman–Crippen LogP) is 1.55. The number of esters is 2. The molecule has 0 fully saturated rings. The van der Waals surface area contributed by atoms with E-state index in [0.29, 0.717) is 0 Å². The molecule has 2 aromatic rings. The van der Waals surface area contributed by atoms with Gasteiger partial charge in [0.2, 0.25) is 0 Å². The van der Waals surface area contributed by atoms with E-state index in [-0.39, 0.29) is 0 Å². The van der Waals surface area contributed by atoms with Gasteiger partial charge in [-0.25, -0.2) is 9.59 Å². The number of nitrogens with one attached hydrogen (secondary N) is 1. The van der Waals surface area contributed by atoms with E-state index in [0.717, 1.165) is 0 Å². The van der Waals surface area contributed by atoms with E-state index >= 15 is 0 Å². The molecule has 4 rings (SSSR count). The Morgan fingerprint density at radius 3 is 2.00 bits per heavy atom. The Kier molecular flexibility index (Phi) is 1.43. The molecule has 0 saturated carbocycles. The number of hydrogen-bond acceptors (Lipinski definition) is 5. The Morgan fingerprint density at radius 2 is 1.27 bits per heavy atom. The van der Waals surface area contributed by atoms with E-state index in [1.54, 1.807) is 0 Å². The van der Waals surface area contributed by atoms with Gasteiger partial charge in [0.05, 0.1) is 30.5 Å². The smallest absolute Gasteiger partial charge is 0.346 e. The van der Waals surface area contributed by atoms with Gasteiger partial charge in [-0.15, -0.1) is 0 Å². The molecule has 1 N–H and O–H groups in total. The highest BCUT2D eigenvalue weighted by Crippen LogP contribution is 2.29. The maximum absolute atomic E-state index is 12.0. The van der Waals surface area contributed by atoms with Crippen LogP contribution in [-0.2, 0) is 4.74 Å². The Labute approximate surface area is 132 Å². The summed E-state index contributed by atoms with van der Waals surface area (Å²) in [6, 6.07) is -4.36. The molecule has 22 heavy (non-hydrogen) atoms. The fourth-order valence-electron chi connectivity index (χ4n) is 2.12. The summed E-state index contributed by atoms with van der Waals surface area (Å²) in [6.07, 6.45) is 0. The Hall–Kier alpha value is -3.28. The molecule has 2 aliphatic rings. The minimum atomic E-state index is -1.21. The first-order chi connectivity index (χ1) is 13.1. The zero-order valence-corrected chi connectivity index (χ0v) is 10.5. The van der Waals surface area contributed by atoms with Gasteiger partial charge in [0, 0.05) is 0 Å². The number of carbonyl (C=O) groups excluding carboxylic acids is 4. The molecule has 106 valence electrons. The Morgan fingerprint density at radius 1 is 0.727 bits per heavy atom. The third-order valence-electron chi connectivity index (χ3n) is 3.15. The number of fused-ring (bicyclic) bond motifs is 2. The molecule has 2 heterocycles. The Bertz CT molecular complexity index is 1110. The average molecular weight is 299 g/mol. The maximum Gasteiger partial charge on any atom is 0.346 e. The lowest BCUT2D eigenvalue weighted by molar-refractivity contribution is 0.0443. The van der Waals surface area contributed by atoms with Crippen molar-refractivity contribution in [3.8, 4) is 11.1 Å². The quantitative estimate of drug-likeness (QED) is 0.490. The lowest BCUT2D eigenvalue weighted by Crippen LogP contribution is -2.19. The van der Waals surface area contributed by atoms with Crippen molar-refractivity contribution < 1.29 is 32.1 Å². The molecule has 2 aliphatic heterocycles. The van der Waals surface area contributed by atoms with Crippen LogP contribution in [0.25, 0.3) is 11.1 Å². The van der Waals surface area contributed by atoms with Crippen molar-refractivity contribution in [2.75, 3.05) is 0 Å². The first-order valence-corrected chi connectivity index (χ1v) is 5.97. The molecule has 2 amide bonds. The highest BCUT2D eigenvalue weighted by Gasteiger charge is 2.30. The minimum Gasteiger partial charge on any atom is -0.386 e.